The van der Waals surface area contributed by atoms with E-state index in [1.807, 2.05) is 29.8 Å². The SMILES string of the molecule is [C-]#[N+]c1ccc(-n2nc(C)c(Cc3ccc(Br)cc3)c2C)cc1Cl. The molecule has 0 radical (unpaired) electrons. The van der Waals surface area contributed by atoms with E-state index >= 15 is 0 Å². The first-order chi connectivity index (χ1) is 11.5. The maximum atomic E-state index is 7.09. The van der Waals surface area contributed by atoms with Crippen molar-refractivity contribution in [3.63, 3.8) is 0 Å². The van der Waals surface area contributed by atoms with Crippen LogP contribution in [0.15, 0.2) is 46.9 Å². The maximum absolute atomic E-state index is 7.09. The minimum atomic E-state index is 0.449. The van der Waals surface area contributed by atoms with E-state index < -0.39 is 0 Å². The van der Waals surface area contributed by atoms with Crippen LogP contribution in [-0.2, 0) is 6.42 Å². The van der Waals surface area contributed by atoms with E-state index in [1.165, 1.54) is 11.1 Å². The summed E-state index contributed by atoms with van der Waals surface area (Å²) in [5.74, 6) is 0. The molecule has 3 nitrogen and oxygen atoms in total. The molecule has 0 fully saturated rings. The molecule has 0 aliphatic carbocycles. The van der Waals surface area contributed by atoms with E-state index in [9.17, 15) is 0 Å². The van der Waals surface area contributed by atoms with Crippen LogP contribution in [0.3, 0.4) is 0 Å². The number of halogens is 2. The third-order valence-electron chi connectivity index (χ3n) is 4.03. The number of hydrogen-bond acceptors (Lipinski definition) is 1. The number of hydrogen-bond donors (Lipinski definition) is 0. The van der Waals surface area contributed by atoms with Crippen molar-refractivity contribution >= 4 is 33.2 Å². The Labute approximate surface area is 154 Å². The van der Waals surface area contributed by atoms with Gasteiger partial charge in [-0.1, -0.05) is 45.7 Å². The Morgan fingerprint density at radius 3 is 2.50 bits per heavy atom. The van der Waals surface area contributed by atoms with Gasteiger partial charge in [-0.25, -0.2) is 9.53 Å². The van der Waals surface area contributed by atoms with Crippen molar-refractivity contribution in [2.75, 3.05) is 0 Å². The first-order valence-corrected chi connectivity index (χ1v) is 8.63. The number of benzene rings is 2. The average molecular weight is 401 g/mol. The van der Waals surface area contributed by atoms with Crippen molar-refractivity contribution in [3.05, 3.63) is 85.9 Å². The predicted octanol–water partition coefficient (Wildman–Crippen LogP) is 6.05. The number of rotatable bonds is 3. The van der Waals surface area contributed by atoms with Gasteiger partial charge in [-0.2, -0.15) is 5.10 Å². The van der Waals surface area contributed by atoms with Crippen LogP contribution in [0.5, 0.6) is 0 Å². The highest BCUT2D eigenvalue weighted by Crippen LogP contribution is 2.29. The van der Waals surface area contributed by atoms with E-state index in [0.29, 0.717) is 10.7 Å². The summed E-state index contributed by atoms with van der Waals surface area (Å²) in [6.45, 7) is 11.2. The summed E-state index contributed by atoms with van der Waals surface area (Å²) in [5, 5.41) is 5.11. The van der Waals surface area contributed by atoms with Crippen molar-refractivity contribution in [3.8, 4) is 5.69 Å². The molecule has 120 valence electrons. The summed E-state index contributed by atoms with van der Waals surface area (Å²) in [6.07, 6.45) is 0.832. The van der Waals surface area contributed by atoms with Crippen LogP contribution in [0, 0.1) is 20.4 Å². The second-order valence-electron chi connectivity index (χ2n) is 5.61. The quantitative estimate of drug-likeness (QED) is 0.491. The lowest BCUT2D eigenvalue weighted by Gasteiger charge is -2.07. The molecular weight excluding hydrogens is 386 g/mol. The molecule has 1 aromatic heterocycles. The van der Waals surface area contributed by atoms with Gasteiger partial charge in [0.2, 0.25) is 5.69 Å². The van der Waals surface area contributed by atoms with Crippen molar-refractivity contribution < 1.29 is 0 Å². The van der Waals surface area contributed by atoms with Gasteiger partial charge in [0.05, 0.1) is 18.0 Å². The van der Waals surface area contributed by atoms with E-state index in [1.54, 1.807) is 12.1 Å². The Bertz CT molecular complexity index is 936. The highest BCUT2D eigenvalue weighted by atomic mass is 79.9. The van der Waals surface area contributed by atoms with Crippen LogP contribution in [0.4, 0.5) is 5.69 Å². The first-order valence-electron chi connectivity index (χ1n) is 7.46. The Hall–Kier alpha value is -2.09. The lowest BCUT2D eigenvalue weighted by molar-refractivity contribution is 0.833. The average Bonchev–Trinajstić information content (AvgIpc) is 2.85. The standard InChI is InChI=1S/C19H15BrClN3/c1-12-17(10-14-4-6-15(20)7-5-14)13(2)24(23-12)16-8-9-19(22-3)18(21)11-16/h4-9,11H,10H2,1-2H3. The molecule has 0 saturated carbocycles. The summed E-state index contributed by atoms with van der Waals surface area (Å²) in [7, 11) is 0. The summed E-state index contributed by atoms with van der Waals surface area (Å²) in [5.41, 5.74) is 5.86. The van der Waals surface area contributed by atoms with Gasteiger partial charge in [0.1, 0.15) is 0 Å². The highest BCUT2D eigenvalue weighted by Gasteiger charge is 2.14. The molecule has 0 bridgehead atoms. The molecule has 0 amide bonds. The molecule has 0 unspecified atom stereocenters. The zero-order valence-electron chi connectivity index (χ0n) is 13.3. The number of aryl methyl sites for hydroxylation is 1. The topological polar surface area (TPSA) is 22.2 Å². The Morgan fingerprint density at radius 2 is 1.88 bits per heavy atom. The zero-order valence-corrected chi connectivity index (χ0v) is 15.7. The third kappa shape index (κ3) is 3.24. The fraction of sp³-hybridized carbons (Fsp3) is 0.158. The van der Waals surface area contributed by atoms with E-state index in [0.717, 1.165) is 28.0 Å². The molecule has 0 atom stereocenters. The lowest BCUT2D eigenvalue weighted by atomic mass is 10.0. The zero-order chi connectivity index (χ0) is 17.3. The second kappa shape index (κ2) is 6.80. The summed E-state index contributed by atoms with van der Waals surface area (Å²) in [6, 6.07) is 13.7. The van der Waals surface area contributed by atoms with Crippen LogP contribution in [0.2, 0.25) is 5.02 Å². The molecule has 3 aromatic rings. The fourth-order valence-electron chi connectivity index (χ4n) is 2.71. The summed E-state index contributed by atoms with van der Waals surface area (Å²) < 4.78 is 2.97. The van der Waals surface area contributed by atoms with Gasteiger partial charge >= 0.3 is 0 Å². The molecule has 5 heteroatoms. The number of nitrogens with zero attached hydrogens (tertiary/aromatic N) is 3. The molecule has 0 N–H and O–H groups in total. The van der Waals surface area contributed by atoms with Gasteiger partial charge in [-0.15, -0.1) is 0 Å². The summed E-state index contributed by atoms with van der Waals surface area (Å²) >= 11 is 9.63. The van der Waals surface area contributed by atoms with Crippen LogP contribution < -0.4 is 0 Å². The highest BCUT2D eigenvalue weighted by molar-refractivity contribution is 9.10. The van der Waals surface area contributed by atoms with Crippen LogP contribution in [0.1, 0.15) is 22.5 Å². The van der Waals surface area contributed by atoms with Gasteiger partial charge in [-0.05, 0) is 43.7 Å². The molecule has 0 aliphatic rings. The van der Waals surface area contributed by atoms with Gasteiger partial charge in [0.15, 0.2) is 0 Å². The van der Waals surface area contributed by atoms with Crippen molar-refractivity contribution in [1.29, 1.82) is 0 Å². The molecular formula is C19H15BrClN3. The Kier molecular flexibility index (Phi) is 4.75. The van der Waals surface area contributed by atoms with Gasteiger partial charge in [-0.3, -0.25) is 0 Å². The van der Waals surface area contributed by atoms with E-state index in [-0.39, 0.29) is 0 Å². The lowest BCUT2D eigenvalue weighted by Crippen LogP contribution is -1.99. The number of aromatic nitrogens is 2. The molecule has 2 aromatic carbocycles. The second-order valence-corrected chi connectivity index (χ2v) is 6.93. The minimum Gasteiger partial charge on any atom is -0.238 e. The third-order valence-corrected chi connectivity index (χ3v) is 4.86. The minimum absolute atomic E-state index is 0.449. The van der Waals surface area contributed by atoms with Crippen LogP contribution in [-0.4, -0.2) is 9.78 Å². The molecule has 0 spiro atoms. The van der Waals surface area contributed by atoms with Crippen LogP contribution >= 0.6 is 27.5 Å². The normalized spacial score (nSPS) is 10.6. The Balaban J connectivity index is 1.99. The summed E-state index contributed by atoms with van der Waals surface area (Å²) in [4.78, 5) is 3.40. The van der Waals surface area contributed by atoms with E-state index in [2.05, 4.69) is 44.9 Å². The van der Waals surface area contributed by atoms with Crippen molar-refractivity contribution in [2.24, 2.45) is 0 Å². The fourth-order valence-corrected chi connectivity index (χ4v) is 3.19. The molecule has 0 aliphatic heterocycles. The molecule has 3 rings (SSSR count). The van der Waals surface area contributed by atoms with Gasteiger partial charge in [0.25, 0.3) is 0 Å². The maximum Gasteiger partial charge on any atom is 0.205 e. The van der Waals surface area contributed by atoms with Gasteiger partial charge in [0, 0.05) is 27.2 Å². The Morgan fingerprint density at radius 1 is 1.17 bits per heavy atom. The van der Waals surface area contributed by atoms with Crippen molar-refractivity contribution in [1.82, 2.24) is 9.78 Å². The molecule has 0 saturated heterocycles. The monoisotopic (exact) mass is 399 g/mol. The van der Waals surface area contributed by atoms with Crippen molar-refractivity contribution in [2.45, 2.75) is 20.3 Å². The molecule has 1 heterocycles. The predicted molar refractivity (Wildman–Crippen MR) is 101 cm³/mol. The molecule has 24 heavy (non-hydrogen) atoms. The first kappa shape index (κ1) is 16.8. The largest absolute Gasteiger partial charge is 0.238 e. The smallest absolute Gasteiger partial charge is 0.205 e. The van der Waals surface area contributed by atoms with E-state index in [4.69, 9.17) is 18.2 Å². The van der Waals surface area contributed by atoms with Crippen LogP contribution in [0.25, 0.3) is 10.5 Å². The van der Waals surface area contributed by atoms with Gasteiger partial charge < -0.3 is 0 Å².